The monoisotopic (exact) mass is 291 g/mol. The van der Waals surface area contributed by atoms with Crippen molar-refractivity contribution in [2.45, 2.75) is 26.0 Å². The molecule has 1 aromatic carbocycles. The van der Waals surface area contributed by atoms with E-state index in [2.05, 4.69) is 5.32 Å². The zero-order valence-corrected chi connectivity index (χ0v) is 12.3. The number of nitrogens with zero attached hydrogens (tertiary/aromatic N) is 1. The minimum Gasteiger partial charge on any atom is -0.376 e. The van der Waals surface area contributed by atoms with E-state index in [-0.39, 0.29) is 24.6 Å². The van der Waals surface area contributed by atoms with Crippen LogP contribution in [0.15, 0.2) is 24.3 Å². The highest BCUT2D eigenvalue weighted by Crippen LogP contribution is 2.16. The van der Waals surface area contributed by atoms with Gasteiger partial charge in [0.25, 0.3) is 5.91 Å². The second kappa shape index (κ2) is 6.58. The number of carbonyl (C=O) groups is 2. The maximum atomic E-state index is 12.3. The molecular weight excluding hydrogens is 270 g/mol. The Morgan fingerprint density at radius 3 is 2.81 bits per heavy atom. The van der Waals surface area contributed by atoms with Gasteiger partial charge in [-0.1, -0.05) is 12.1 Å². The fourth-order valence-electron chi connectivity index (χ4n) is 2.41. The Bertz CT molecular complexity index is 533. The van der Waals surface area contributed by atoms with Crippen LogP contribution in [-0.4, -0.2) is 48.6 Å². The topological polar surface area (TPSA) is 84.7 Å². The number of ether oxygens (including phenoxy) is 1. The van der Waals surface area contributed by atoms with Crippen LogP contribution in [-0.2, 0) is 9.53 Å². The Hall–Kier alpha value is -2.08. The molecule has 1 aliphatic heterocycles. The normalized spacial score (nSPS) is 21.9. The fraction of sp³-hybridized carbons (Fsp3) is 0.467. The minimum absolute atomic E-state index is 0.0167. The molecular formula is C15H21N3O3. The number of hydrogen-bond donors (Lipinski definition) is 2. The van der Waals surface area contributed by atoms with Gasteiger partial charge < -0.3 is 20.7 Å². The van der Waals surface area contributed by atoms with Gasteiger partial charge >= 0.3 is 0 Å². The van der Waals surface area contributed by atoms with Gasteiger partial charge in [-0.2, -0.15) is 0 Å². The fourth-order valence-corrected chi connectivity index (χ4v) is 2.41. The van der Waals surface area contributed by atoms with Gasteiger partial charge in [0.15, 0.2) is 0 Å². The summed E-state index contributed by atoms with van der Waals surface area (Å²) in [6.07, 6.45) is 0.0283. The molecule has 1 aromatic rings. The Morgan fingerprint density at radius 1 is 1.38 bits per heavy atom. The first-order valence-corrected chi connectivity index (χ1v) is 7.04. The summed E-state index contributed by atoms with van der Waals surface area (Å²) in [7, 11) is 0. The lowest BCUT2D eigenvalue weighted by Gasteiger charge is -2.38. The van der Waals surface area contributed by atoms with Crippen LogP contribution in [0.4, 0.5) is 5.69 Å². The van der Waals surface area contributed by atoms with E-state index in [1.807, 2.05) is 13.8 Å². The van der Waals surface area contributed by atoms with E-state index in [9.17, 15) is 9.59 Å². The standard InChI is InChI=1S/C15H21N3O3/c1-10-11(2)21-8-7-18(10)14(19)9-17-13-6-4-3-5-12(13)15(16)20/h3-6,10-11,17H,7-9H2,1-2H3,(H2,16,20). The van der Waals surface area contributed by atoms with E-state index in [1.165, 1.54) is 0 Å². The second-order valence-electron chi connectivity index (χ2n) is 5.17. The quantitative estimate of drug-likeness (QED) is 0.860. The third kappa shape index (κ3) is 3.52. The molecule has 21 heavy (non-hydrogen) atoms. The van der Waals surface area contributed by atoms with Crippen LogP contribution < -0.4 is 11.1 Å². The van der Waals surface area contributed by atoms with Crippen molar-refractivity contribution in [3.05, 3.63) is 29.8 Å². The predicted molar refractivity (Wildman–Crippen MR) is 80.0 cm³/mol. The Balaban J connectivity index is 2.00. The van der Waals surface area contributed by atoms with Gasteiger partial charge in [0.2, 0.25) is 5.91 Å². The molecule has 6 heteroatoms. The molecule has 114 valence electrons. The number of primary amides is 1. The molecule has 2 unspecified atom stereocenters. The largest absolute Gasteiger partial charge is 0.376 e. The van der Waals surface area contributed by atoms with Crippen LogP contribution in [0.5, 0.6) is 0 Å². The van der Waals surface area contributed by atoms with Crippen molar-refractivity contribution in [2.75, 3.05) is 25.0 Å². The van der Waals surface area contributed by atoms with Crippen LogP contribution >= 0.6 is 0 Å². The molecule has 2 amide bonds. The van der Waals surface area contributed by atoms with Gasteiger partial charge in [0, 0.05) is 12.2 Å². The summed E-state index contributed by atoms with van der Waals surface area (Å²) in [5.41, 5.74) is 6.27. The average Bonchev–Trinajstić information content (AvgIpc) is 2.47. The van der Waals surface area contributed by atoms with Gasteiger partial charge in [-0.15, -0.1) is 0 Å². The van der Waals surface area contributed by atoms with Crippen molar-refractivity contribution in [1.82, 2.24) is 4.90 Å². The molecule has 0 aromatic heterocycles. The Kier molecular flexibility index (Phi) is 4.80. The van der Waals surface area contributed by atoms with Crippen molar-refractivity contribution in [3.63, 3.8) is 0 Å². The van der Waals surface area contributed by atoms with Gasteiger partial charge in [0.05, 0.1) is 30.9 Å². The van der Waals surface area contributed by atoms with E-state index >= 15 is 0 Å². The van der Waals surface area contributed by atoms with E-state index in [0.717, 1.165) is 0 Å². The zero-order valence-electron chi connectivity index (χ0n) is 12.3. The van der Waals surface area contributed by atoms with Crippen LogP contribution in [0.25, 0.3) is 0 Å². The zero-order chi connectivity index (χ0) is 15.4. The summed E-state index contributed by atoms with van der Waals surface area (Å²) < 4.78 is 5.51. The molecule has 1 saturated heterocycles. The summed E-state index contributed by atoms with van der Waals surface area (Å²) in [6.45, 7) is 5.19. The molecule has 1 fully saturated rings. The molecule has 0 bridgehead atoms. The van der Waals surface area contributed by atoms with Crippen LogP contribution in [0.2, 0.25) is 0 Å². The first kappa shape index (κ1) is 15.3. The molecule has 1 aliphatic rings. The summed E-state index contributed by atoms with van der Waals surface area (Å²) in [4.78, 5) is 25.4. The maximum absolute atomic E-state index is 12.3. The van der Waals surface area contributed by atoms with Gasteiger partial charge in [-0.3, -0.25) is 9.59 Å². The number of rotatable bonds is 4. The Morgan fingerprint density at radius 2 is 2.10 bits per heavy atom. The van der Waals surface area contributed by atoms with E-state index in [0.29, 0.717) is 24.4 Å². The number of anilines is 1. The van der Waals surface area contributed by atoms with E-state index in [1.54, 1.807) is 29.2 Å². The number of hydrogen-bond acceptors (Lipinski definition) is 4. The third-order valence-electron chi connectivity index (χ3n) is 3.83. The average molecular weight is 291 g/mol. The molecule has 0 saturated carbocycles. The second-order valence-corrected chi connectivity index (χ2v) is 5.17. The SMILES string of the molecule is CC1OCCN(C(=O)CNc2ccccc2C(N)=O)C1C. The van der Waals surface area contributed by atoms with Crippen molar-refractivity contribution < 1.29 is 14.3 Å². The number of morpholine rings is 1. The summed E-state index contributed by atoms with van der Waals surface area (Å²) in [6, 6.07) is 6.93. The highest BCUT2D eigenvalue weighted by Gasteiger charge is 2.28. The van der Waals surface area contributed by atoms with Gasteiger partial charge in [-0.05, 0) is 26.0 Å². The highest BCUT2D eigenvalue weighted by molar-refractivity contribution is 5.99. The van der Waals surface area contributed by atoms with Gasteiger partial charge in [-0.25, -0.2) is 0 Å². The van der Waals surface area contributed by atoms with Crippen LogP contribution in [0.1, 0.15) is 24.2 Å². The minimum atomic E-state index is -0.515. The third-order valence-corrected chi connectivity index (χ3v) is 3.83. The number of carbonyl (C=O) groups excluding carboxylic acids is 2. The molecule has 2 atom stereocenters. The van der Waals surface area contributed by atoms with Crippen molar-refractivity contribution in [2.24, 2.45) is 5.73 Å². The Labute approximate surface area is 124 Å². The number of para-hydroxylation sites is 1. The number of nitrogens with two attached hydrogens (primary N) is 1. The molecule has 0 aliphatic carbocycles. The lowest BCUT2D eigenvalue weighted by molar-refractivity contribution is -0.142. The lowest BCUT2D eigenvalue weighted by atomic mass is 10.1. The molecule has 0 radical (unpaired) electrons. The van der Waals surface area contributed by atoms with E-state index in [4.69, 9.17) is 10.5 Å². The van der Waals surface area contributed by atoms with Gasteiger partial charge in [0.1, 0.15) is 0 Å². The molecule has 1 heterocycles. The van der Waals surface area contributed by atoms with Crippen LogP contribution in [0.3, 0.4) is 0 Å². The lowest BCUT2D eigenvalue weighted by Crippen LogP contribution is -2.52. The molecule has 2 rings (SSSR count). The molecule has 3 N–H and O–H groups in total. The first-order chi connectivity index (χ1) is 10.0. The van der Waals surface area contributed by atoms with Crippen LogP contribution in [0, 0.1) is 0 Å². The summed E-state index contributed by atoms with van der Waals surface area (Å²) >= 11 is 0. The van der Waals surface area contributed by atoms with Crippen molar-refractivity contribution >= 4 is 17.5 Å². The number of nitrogens with one attached hydrogen (secondary N) is 1. The predicted octanol–water partition coefficient (Wildman–Crippen LogP) is 0.833. The molecule has 0 spiro atoms. The van der Waals surface area contributed by atoms with Crippen molar-refractivity contribution in [3.8, 4) is 0 Å². The van der Waals surface area contributed by atoms with Crippen molar-refractivity contribution in [1.29, 1.82) is 0 Å². The maximum Gasteiger partial charge on any atom is 0.250 e. The smallest absolute Gasteiger partial charge is 0.250 e. The highest BCUT2D eigenvalue weighted by atomic mass is 16.5. The molecule has 6 nitrogen and oxygen atoms in total. The summed E-state index contributed by atoms with van der Waals surface area (Å²) in [5.74, 6) is -0.532. The first-order valence-electron chi connectivity index (χ1n) is 7.04. The summed E-state index contributed by atoms with van der Waals surface area (Å²) in [5, 5.41) is 2.99. The number of benzene rings is 1. The van der Waals surface area contributed by atoms with E-state index < -0.39 is 5.91 Å². The number of amides is 2.